The Morgan fingerprint density at radius 2 is 2.29 bits per heavy atom. The van der Waals surface area contributed by atoms with E-state index in [9.17, 15) is 4.79 Å². The molecule has 2 aliphatic rings. The average Bonchev–Trinajstić information content (AvgIpc) is 2.85. The van der Waals surface area contributed by atoms with Crippen molar-refractivity contribution in [3.63, 3.8) is 0 Å². The van der Waals surface area contributed by atoms with Gasteiger partial charge >= 0.3 is 0 Å². The standard InChI is InChI=1S/C15H16N4OS/c1-19-7-5-9-11(8-19)21-15-12(9)14(20)17-13(18-15)10-4-2-3-6-16-10/h2-4,6,13,18H,5,7-8H2,1H3,(H,17,20)/p+1/t13-/m0/s1. The molecule has 0 spiro atoms. The van der Waals surface area contributed by atoms with Crippen molar-refractivity contribution < 1.29 is 9.69 Å². The number of nitrogens with zero attached hydrogens (tertiary/aromatic N) is 1. The van der Waals surface area contributed by atoms with Gasteiger partial charge in [0.25, 0.3) is 5.91 Å². The summed E-state index contributed by atoms with van der Waals surface area (Å²) in [5.74, 6) is 0.0245. The normalized spacial score (nSPS) is 23.8. The molecule has 5 nitrogen and oxygen atoms in total. The van der Waals surface area contributed by atoms with Crippen molar-refractivity contribution in [2.24, 2.45) is 0 Å². The predicted octanol–water partition coefficient (Wildman–Crippen LogP) is 0.568. The Hall–Kier alpha value is -1.92. The summed E-state index contributed by atoms with van der Waals surface area (Å²) in [6, 6.07) is 5.74. The summed E-state index contributed by atoms with van der Waals surface area (Å²) in [6.07, 6.45) is 2.49. The quantitative estimate of drug-likeness (QED) is 0.722. The molecule has 3 N–H and O–H groups in total. The Morgan fingerprint density at radius 3 is 3.10 bits per heavy atom. The van der Waals surface area contributed by atoms with Gasteiger partial charge in [-0.1, -0.05) is 6.07 Å². The molecular weight excluding hydrogens is 284 g/mol. The van der Waals surface area contributed by atoms with Gasteiger partial charge in [0.1, 0.15) is 17.7 Å². The summed E-state index contributed by atoms with van der Waals surface area (Å²) in [7, 11) is 2.20. The lowest BCUT2D eigenvalue weighted by Gasteiger charge is -2.26. The summed E-state index contributed by atoms with van der Waals surface area (Å²) >= 11 is 1.72. The van der Waals surface area contributed by atoms with Gasteiger partial charge in [-0.2, -0.15) is 0 Å². The molecule has 21 heavy (non-hydrogen) atoms. The number of carbonyl (C=O) groups excluding carboxylic acids is 1. The van der Waals surface area contributed by atoms with Gasteiger partial charge in [0, 0.05) is 12.6 Å². The van der Waals surface area contributed by atoms with E-state index in [2.05, 4.69) is 22.7 Å². The van der Waals surface area contributed by atoms with Gasteiger partial charge in [0.15, 0.2) is 0 Å². The fraction of sp³-hybridized carbons (Fsp3) is 0.333. The van der Waals surface area contributed by atoms with Crippen molar-refractivity contribution in [1.29, 1.82) is 0 Å². The molecule has 0 aliphatic carbocycles. The number of nitrogens with one attached hydrogen (secondary N) is 3. The molecular formula is C15H17N4OS+. The van der Waals surface area contributed by atoms with Crippen molar-refractivity contribution in [2.75, 3.05) is 18.9 Å². The van der Waals surface area contributed by atoms with Gasteiger partial charge in [0.05, 0.1) is 29.7 Å². The number of quaternary nitrogens is 1. The Bertz CT molecular complexity index is 697. The van der Waals surface area contributed by atoms with Gasteiger partial charge in [-0.3, -0.25) is 9.78 Å². The van der Waals surface area contributed by atoms with Crippen molar-refractivity contribution in [3.05, 3.63) is 46.1 Å². The van der Waals surface area contributed by atoms with Gasteiger partial charge < -0.3 is 15.5 Å². The van der Waals surface area contributed by atoms with Crippen LogP contribution in [0.5, 0.6) is 0 Å². The Labute approximate surface area is 127 Å². The molecule has 108 valence electrons. The average molecular weight is 301 g/mol. The molecule has 2 aromatic rings. The molecule has 4 rings (SSSR count). The fourth-order valence-electron chi connectivity index (χ4n) is 3.03. The molecule has 0 bridgehead atoms. The third kappa shape index (κ3) is 2.11. The molecule has 2 atom stereocenters. The number of carbonyl (C=O) groups is 1. The highest BCUT2D eigenvalue weighted by atomic mass is 32.1. The fourth-order valence-corrected chi connectivity index (χ4v) is 4.41. The van der Waals surface area contributed by atoms with E-state index in [1.54, 1.807) is 17.5 Å². The lowest BCUT2D eigenvalue weighted by atomic mass is 10.0. The van der Waals surface area contributed by atoms with E-state index in [1.807, 2.05) is 18.2 Å². The predicted molar refractivity (Wildman–Crippen MR) is 81.5 cm³/mol. The minimum Gasteiger partial charge on any atom is -0.351 e. The molecule has 2 aliphatic heterocycles. The number of thiophene rings is 1. The lowest BCUT2D eigenvalue weighted by Crippen LogP contribution is -3.08. The topological polar surface area (TPSA) is 58.5 Å². The van der Waals surface area contributed by atoms with Crippen molar-refractivity contribution >= 4 is 22.2 Å². The Balaban J connectivity index is 1.71. The van der Waals surface area contributed by atoms with Crippen LogP contribution < -0.4 is 15.5 Å². The van der Waals surface area contributed by atoms with Crippen molar-refractivity contribution in [2.45, 2.75) is 19.1 Å². The molecule has 6 heteroatoms. The van der Waals surface area contributed by atoms with Gasteiger partial charge in [-0.15, -0.1) is 11.3 Å². The second-order valence-corrected chi connectivity index (χ2v) is 6.75. The summed E-state index contributed by atoms with van der Waals surface area (Å²) in [6.45, 7) is 2.10. The molecule has 1 amide bonds. The van der Waals surface area contributed by atoms with Crippen LogP contribution in [0.3, 0.4) is 0 Å². The molecule has 0 radical (unpaired) electrons. The number of fused-ring (bicyclic) bond motifs is 3. The maximum absolute atomic E-state index is 12.5. The van der Waals surface area contributed by atoms with E-state index < -0.39 is 0 Å². The summed E-state index contributed by atoms with van der Waals surface area (Å²) in [5, 5.41) is 7.45. The van der Waals surface area contributed by atoms with Crippen LogP contribution in [0.4, 0.5) is 5.00 Å². The van der Waals surface area contributed by atoms with Crippen molar-refractivity contribution in [3.8, 4) is 0 Å². The number of anilines is 1. The van der Waals surface area contributed by atoms with Crippen molar-refractivity contribution in [1.82, 2.24) is 10.3 Å². The number of aromatic nitrogens is 1. The van der Waals surface area contributed by atoms with E-state index in [4.69, 9.17) is 0 Å². The zero-order chi connectivity index (χ0) is 14.4. The summed E-state index contributed by atoms with van der Waals surface area (Å²) in [5.41, 5.74) is 2.94. The number of likely N-dealkylation sites (N-methyl/N-ethyl adjacent to an activating group) is 1. The van der Waals surface area contributed by atoms with Gasteiger partial charge in [0.2, 0.25) is 0 Å². The van der Waals surface area contributed by atoms with Gasteiger partial charge in [-0.25, -0.2) is 0 Å². The maximum Gasteiger partial charge on any atom is 0.256 e. The van der Waals surface area contributed by atoms with Crippen LogP contribution in [0, 0.1) is 0 Å². The van der Waals surface area contributed by atoms with Gasteiger partial charge in [-0.05, 0) is 17.7 Å². The zero-order valence-electron chi connectivity index (χ0n) is 11.8. The second kappa shape index (κ2) is 4.82. The summed E-state index contributed by atoms with van der Waals surface area (Å²) < 4.78 is 0. The largest absolute Gasteiger partial charge is 0.351 e. The third-order valence-corrected chi connectivity index (χ3v) is 5.28. The Kier molecular flexibility index (Phi) is 2.94. The number of amides is 1. The molecule has 0 saturated heterocycles. The van der Waals surface area contributed by atoms with E-state index in [-0.39, 0.29) is 12.1 Å². The van der Waals surface area contributed by atoms with Crippen LogP contribution >= 0.6 is 11.3 Å². The van der Waals surface area contributed by atoms with E-state index in [0.29, 0.717) is 0 Å². The minimum atomic E-state index is -0.239. The number of hydrogen-bond acceptors (Lipinski definition) is 4. The van der Waals surface area contributed by atoms with E-state index >= 15 is 0 Å². The zero-order valence-corrected chi connectivity index (χ0v) is 12.6. The lowest BCUT2D eigenvalue weighted by molar-refractivity contribution is -0.895. The molecule has 4 heterocycles. The first kappa shape index (κ1) is 12.8. The second-order valence-electron chi connectivity index (χ2n) is 5.65. The van der Waals surface area contributed by atoms with E-state index in [1.165, 1.54) is 15.3 Å². The highest BCUT2D eigenvalue weighted by Crippen LogP contribution is 2.38. The first-order chi connectivity index (χ1) is 10.2. The number of pyridine rings is 1. The van der Waals surface area contributed by atoms with Crippen LogP contribution in [-0.4, -0.2) is 24.5 Å². The molecule has 0 aromatic carbocycles. The Morgan fingerprint density at radius 1 is 1.38 bits per heavy atom. The first-order valence-electron chi connectivity index (χ1n) is 7.16. The van der Waals surface area contributed by atoms with Crippen LogP contribution in [0.2, 0.25) is 0 Å². The van der Waals surface area contributed by atoms with Crippen LogP contribution in [0.25, 0.3) is 0 Å². The van der Waals surface area contributed by atoms with Crippen LogP contribution in [-0.2, 0) is 13.0 Å². The number of hydrogen-bond donors (Lipinski definition) is 3. The first-order valence-corrected chi connectivity index (χ1v) is 7.98. The maximum atomic E-state index is 12.5. The summed E-state index contributed by atoms with van der Waals surface area (Å²) in [4.78, 5) is 19.7. The highest BCUT2D eigenvalue weighted by Gasteiger charge is 2.34. The smallest absolute Gasteiger partial charge is 0.256 e. The highest BCUT2D eigenvalue weighted by molar-refractivity contribution is 7.16. The molecule has 1 unspecified atom stereocenters. The monoisotopic (exact) mass is 301 g/mol. The third-order valence-electron chi connectivity index (χ3n) is 4.12. The molecule has 0 fully saturated rings. The van der Waals surface area contributed by atoms with Crippen LogP contribution in [0.1, 0.15) is 32.7 Å². The SMILES string of the molecule is C[NH+]1CCc2c(sc3c2C(=O)N[C@H](c2ccccn2)N3)C1. The van der Waals surface area contributed by atoms with Crippen LogP contribution in [0.15, 0.2) is 24.4 Å². The minimum absolute atomic E-state index is 0.0245. The molecule has 0 saturated carbocycles. The van der Waals surface area contributed by atoms with E-state index in [0.717, 1.165) is 35.8 Å². The number of rotatable bonds is 1. The molecule has 2 aromatic heterocycles.